The van der Waals surface area contributed by atoms with E-state index in [0.29, 0.717) is 5.69 Å². The SMILES string of the molecule is Cc1cc(-c2cc(O)c(O)c([N+](=O)[O-])c2)c(C#N)c(=O)[nH]1. The summed E-state index contributed by atoms with van der Waals surface area (Å²) >= 11 is 0. The first-order valence-electron chi connectivity index (χ1n) is 5.70. The lowest BCUT2D eigenvalue weighted by atomic mass is 10.00. The Morgan fingerprint density at radius 3 is 2.57 bits per heavy atom. The molecule has 0 aliphatic rings. The number of phenolic OH excluding ortho intramolecular Hbond substituents is 2. The number of aromatic hydroxyl groups is 2. The number of aromatic amines is 1. The Hall–Kier alpha value is -3.34. The largest absolute Gasteiger partial charge is 0.504 e. The Morgan fingerprint density at radius 1 is 1.33 bits per heavy atom. The summed E-state index contributed by atoms with van der Waals surface area (Å²) in [6, 6.07) is 5.21. The van der Waals surface area contributed by atoms with Gasteiger partial charge in [-0.25, -0.2) is 0 Å². The maximum absolute atomic E-state index is 11.7. The molecule has 0 radical (unpaired) electrons. The summed E-state index contributed by atoms with van der Waals surface area (Å²) in [6.45, 7) is 1.58. The molecule has 1 aromatic heterocycles. The number of rotatable bonds is 2. The van der Waals surface area contributed by atoms with Crippen LogP contribution in [-0.2, 0) is 0 Å². The number of nitriles is 1. The molecule has 0 unspecified atom stereocenters. The van der Waals surface area contributed by atoms with Crippen molar-refractivity contribution in [3.8, 4) is 28.7 Å². The number of benzene rings is 1. The topological polar surface area (TPSA) is 140 Å². The van der Waals surface area contributed by atoms with Crippen LogP contribution in [0, 0.1) is 28.4 Å². The standard InChI is InChI=1S/C13H9N3O5/c1-6-2-8(9(5-14)13(19)15-6)7-3-10(16(20)21)12(18)11(17)4-7/h2-4,17-18H,1H3,(H,15,19). The van der Waals surface area contributed by atoms with E-state index in [1.54, 1.807) is 13.0 Å². The van der Waals surface area contributed by atoms with Crippen molar-refractivity contribution in [2.75, 3.05) is 0 Å². The van der Waals surface area contributed by atoms with Gasteiger partial charge in [-0.1, -0.05) is 0 Å². The number of nitro benzene ring substituents is 1. The molecule has 2 rings (SSSR count). The van der Waals surface area contributed by atoms with Crippen LogP contribution in [0.25, 0.3) is 11.1 Å². The number of nitro groups is 1. The Balaban J connectivity index is 2.83. The number of pyridine rings is 1. The molecule has 1 heterocycles. The van der Waals surface area contributed by atoms with Crippen LogP contribution in [0.5, 0.6) is 11.5 Å². The first kappa shape index (κ1) is 14.1. The molecule has 0 saturated heterocycles. The molecule has 0 fully saturated rings. The molecule has 3 N–H and O–H groups in total. The second-order valence-electron chi connectivity index (χ2n) is 4.30. The van der Waals surface area contributed by atoms with Gasteiger partial charge in [-0.15, -0.1) is 0 Å². The number of nitrogens with one attached hydrogen (secondary N) is 1. The lowest BCUT2D eigenvalue weighted by Gasteiger charge is -2.07. The van der Waals surface area contributed by atoms with E-state index in [2.05, 4.69) is 4.98 Å². The first-order valence-corrected chi connectivity index (χ1v) is 5.70. The minimum Gasteiger partial charge on any atom is -0.504 e. The summed E-state index contributed by atoms with van der Waals surface area (Å²) in [4.78, 5) is 24.1. The smallest absolute Gasteiger partial charge is 0.315 e. The third-order valence-electron chi connectivity index (χ3n) is 2.86. The zero-order valence-corrected chi connectivity index (χ0v) is 10.7. The molecule has 8 nitrogen and oxygen atoms in total. The minimum absolute atomic E-state index is 0.0859. The summed E-state index contributed by atoms with van der Waals surface area (Å²) in [6.07, 6.45) is 0. The van der Waals surface area contributed by atoms with Gasteiger partial charge in [0.2, 0.25) is 5.75 Å². The van der Waals surface area contributed by atoms with Crippen LogP contribution >= 0.6 is 0 Å². The Labute approximate surface area is 117 Å². The molecule has 0 bridgehead atoms. The molecule has 0 spiro atoms. The van der Waals surface area contributed by atoms with Gasteiger partial charge in [0, 0.05) is 17.3 Å². The van der Waals surface area contributed by atoms with Crippen molar-refractivity contribution < 1.29 is 15.1 Å². The van der Waals surface area contributed by atoms with Crippen LogP contribution in [0.1, 0.15) is 11.3 Å². The predicted octanol–water partition coefficient (Wildman–Crippen LogP) is 1.54. The third-order valence-corrected chi connectivity index (χ3v) is 2.86. The third kappa shape index (κ3) is 2.40. The van der Waals surface area contributed by atoms with Gasteiger partial charge in [-0.05, 0) is 24.6 Å². The molecular weight excluding hydrogens is 278 g/mol. The molecular formula is C13H9N3O5. The lowest BCUT2D eigenvalue weighted by molar-refractivity contribution is -0.385. The Bertz CT molecular complexity index is 848. The van der Waals surface area contributed by atoms with Crippen LogP contribution in [0.3, 0.4) is 0 Å². The van der Waals surface area contributed by atoms with Crippen molar-refractivity contribution in [3.63, 3.8) is 0 Å². The van der Waals surface area contributed by atoms with Gasteiger partial charge in [0.15, 0.2) is 5.75 Å². The van der Waals surface area contributed by atoms with Crippen molar-refractivity contribution >= 4 is 5.69 Å². The maximum atomic E-state index is 11.7. The highest BCUT2D eigenvalue weighted by atomic mass is 16.6. The van der Waals surface area contributed by atoms with Crippen molar-refractivity contribution in [3.05, 3.63) is 49.9 Å². The number of hydrogen-bond donors (Lipinski definition) is 3. The lowest BCUT2D eigenvalue weighted by Crippen LogP contribution is -2.12. The maximum Gasteiger partial charge on any atom is 0.315 e. The number of nitrogens with zero attached hydrogens (tertiary/aromatic N) is 2. The van der Waals surface area contributed by atoms with Crippen LogP contribution in [0.15, 0.2) is 23.0 Å². The van der Waals surface area contributed by atoms with E-state index in [9.17, 15) is 25.1 Å². The summed E-state index contributed by atoms with van der Waals surface area (Å²) < 4.78 is 0. The van der Waals surface area contributed by atoms with Gasteiger partial charge >= 0.3 is 5.69 Å². The molecule has 0 amide bonds. The van der Waals surface area contributed by atoms with Gasteiger partial charge in [0.05, 0.1) is 4.92 Å². The Kier molecular flexibility index (Phi) is 3.33. The molecule has 2 aromatic rings. The van der Waals surface area contributed by atoms with Crippen molar-refractivity contribution in [1.82, 2.24) is 4.98 Å². The van der Waals surface area contributed by atoms with Gasteiger partial charge in [0.25, 0.3) is 5.56 Å². The van der Waals surface area contributed by atoms with Crippen LogP contribution < -0.4 is 5.56 Å². The highest BCUT2D eigenvalue weighted by Crippen LogP contribution is 2.39. The molecule has 21 heavy (non-hydrogen) atoms. The molecule has 1 aromatic carbocycles. The fraction of sp³-hybridized carbons (Fsp3) is 0.0769. The van der Waals surface area contributed by atoms with Gasteiger partial charge in [0.1, 0.15) is 11.6 Å². The van der Waals surface area contributed by atoms with E-state index in [1.807, 2.05) is 0 Å². The van der Waals surface area contributed by atoms with E-state index < -0.39 is 27.7 Å². The summed E-state index contributed by atoms with van der Waals surface area (Å²) in [5, 5.41) is 38.9. The Morgan fingerprint density at radius 2 is 2.00 bits per heavy atom. The van der Waals surface area contributed by atoms with Crippen molar-refractivity contribution in [2.45, 2.75) is 6.92 Å². The van der Waals surface area contributed by atoms with E-state index in [-0.39, 0.29) is 16.7 Å². The normalized spacial score (nSPS) is 10.1. The fourth-order valence-electron chi connectivity index (χ4n) is 1.93. The van der Waals surface area contributed by atoms with E-state index in [1.165, 1.54) is 6.07 Å². The molecule has 0 atom stereocenters. The predicted molar refractivity (Wildman–Crippen MR) is 71.9 cm³/mol. The second kappa shape index (κ2) is 4.97. The average Bonchev–Trinajstić information content (AvgIpc) is 2.40. The van der Waals surface area contributed by atoms with Crippen LogP contribution in [-0.4, -0.2) is 20.1 Å². The van der Waals surface area contributed by atoms with Gasteiger partial charge in [-0.3, -0.25) is 14.9 Å². The van der Waals surface area contributed by atoms with Crippen LogP contribution in [0.4, 0.5) is 5.69 Å². The van der Waals surface area contributed by atoms with Crippen molar-refractivity contribution in [1.29, 1.82) is 5.26 Å². The first-order chi connectivity index (χ1) is 9.85. The number of aryl methyl sites for hydroxylation is 1. The quantitative estimate of drug-likeness (QED) is 0.434. The minimum atomic E-state index is -0.871. The second-order valence-corrected chi connectivity index (χ2v) is 4.30. The van der Waals surface area contributed by atoms with Gasteiger partial charge < -0.3 is 15.2 Å². The molecule has 0 aliphatic carbocycles. The summed E-state index contributed by atoms with van der Waals surface area (Å²) in [7, 11) is 0. The van der Waals surface area contributed by atoms with Crippen LogP contribution in [0.2, 0.25) is 0 Å². The number of phenols is 2. The highest BCUT2D eigenvalue weighted by Gasteiger charge is 2.21. The average molecular weight is 287 g/mol. The zero-order valence-electron chi connectivity index (χ0n) is 10.7. The number of hydrogen-bond acceptors (Lipinski definition) is 6. The zero-order chi connectivity index (χ0) is 15.7. The monoisotopic (exact) mass is 287 g/mol. The van der Waals surface area contributed by atoms with Gasteiger partial charge in [-0.2, -0.15) is 5.26 Å². The number of aromatic nitrogens is 1. The highest BCUT2D eigenvalue weighted by molar-refractivity contribution is 5.76. The van der Waals surface area contributed by atoms with E-state index in [4.69, 9.17) is 5.26 Å². The molecule has 8 heteroatoms. The molecule has 0 saturated carbocycles. The van der Waals surface area contributed by atoms with Crippen molar-refractivity contribution in [2.24, 2.45) is 0 Å². The summed E-state index contributed by atoms with van der Waals surface area (Å²) in [5.41, 5.74) is -0.918. The fourth-order valence-corrected chi connectivity index (χ4v) is 1.93. The molecule has 106 valence electrons. The van der Waals surface area contributed by atoms with E-state index >= 15 is 0 Å². The molecule has 0 aliphatic heterocycles. The van der Waals surface area contributed by atoms with E-state index in [0.717, 1.165) is 12.1 Å². The summed E-state index contributed by atoms with van der Waals surface area (Å²) in [5.74, 6) is -1.58. The number of H-pyrrole nitrogens is 1.